The molecule has 1 amide bonds. The second kappa shape index (κ2) is 5.51. The van der Waals surface area contributed by atoms with Crippen molar-refractivity contribution in [3.63, 3.8) is 0 Å². The second-order valence-electron chi connectivity index (χ2n) is 3.47. The quantitative estimate of drug-likeness (QED) is 0.860. The number of anilines is 1. The molecule has 1 N–H and O–H groups in total. The van der Waals surface area contributed by atoms with Crippen molar-refractivity contribution in [2.75, 3.05) is 5.32 Å². The van der Waals surface area contributed by atoms with Crippen LogP contribution in [0.15, 0.2) is 47.1 Å². The lowest BCUT2D eigenvalue weighted by atomic mass is 10.3. The molecule has 0 radical (unpaired) electrons. The molecule has 0 unspecified atom stereocenters. The molecule has 0 bridgehead atoms. The number of hydrogen-bond donors (Lipinski definition) is 1. The van der Waals surface area contributed by atoms with Crippen LogP contribution in [0.1, 0.15) is 5.76 Å². The molecule has 0 saturated carbocycles. The van der Waals surface area contributed by atoms with Gasteiger partial charge in [0, 0.05) is 11.8 Å². The van der Waals surface area contributed by atoms with Gasteiger partial charge in [-0.25, -0.2) is 4.39 Å². The van der Waals surface area contributed by atoms with Crippen molar-refractivity contribution in [2.24, 2.45) is 0 Å². The van der Waals surface area contributed by atoms with E-state index in [0.29, 0.717) is 11.4 Å². The highest BCUT2D eigenvalue weighted by Gasteiger charge is 2.02. The predicted molar refractivity (Wildman–Crippen MR) is 67.8 cm³/mol. The van der Waals surface area contributed by atoms with Crippen LogP contribution < -0.4 is 5.32 Å². The summed E-state index contributed by atoms with van der Waals surface area (Å²) in [5.41, 5.74) is 0.426. The molecule has 0 aliphatic heterocycles. The van der Waals surface area contributed by atoms with E-state index in [2.05, 4.69) is 5.32 Å². The highest BCUT2D eigenvalue weighted by Crippen LogP contribution is 2.19. The number of halogens is 2. The van der Waals surface area contributed by atoms with Crippen LogP contribution in [0, 0.1) is 5.82 Å². The van der Waals surface area contributed by atoms with E-state index >= 15 is 0 Å². The maximum atomic E-state index is 12.9. The molecule has 5 heteroatoms. The summed E-state index contributed by atoms with van der Waals surface area (Å²) < 4.78 is 17.9. The Balaban J connectivity index is 2.01. The molecule has 0 aliphatic carbocycles. The molecule has 3 nitrogen and oxygen atoms in total. The Morgan fingerprint density at radius 1 is 1.39 bits per heavy atom. The molecule has 1 aromatic carbocycles. The van der Waals surface area contributed by atoms with Gasteiger partial charge in [-0.2, -0.15) is 0 Å². The van der Waals surface area contributed by atoms with Gasteiger partial charge in [-0.1, -0.05) is 11.6 Å². The van der Waals surface area contributed by atoms with E-state index in [0.717, 1.165) is 0 Å². The van der Waals surface area contributed by atoms with Crippen LogP contribution in [0.3, 0.4) is 0 Å². The zero-order chi connectivity index (χ0) is 13.0. The lowest BCUT2D eigenvalue weighted by Gasteiger charge is -2.02. The molecular formula is C13H9ClFNO2. The average Bonchev–Trinajstić information content (AvgIpc) is 2.84. The van der Waals surface area contributed by atoms with Gasteiger partial charge in [-0.3, -0.25) is 4.79 Å². The number of benzene rings is 1. The summed E-state index contributed by atoms with van der Waals surface area (Å²) in [5, 5.41) is 2.51. The third-order valence-corrected chi connectivity index (χ3v) is 2.42. The Bertz CT molecular complexity index is 579. The summed E-state index contributed by atoms with van der Waals surface area (Å²) in [7, 11) is 0. The zero-order valence-electron chi connectivity index (χ0n) is 9.19. The third-order valence-electron chi connectivity index (χ3n) is 2.13. The number of amides is 1. The first-order valence-electron chi connectivity index (χ1n) is 5.13. The van der Waals surface area contributed by atoms with E-state index in [4.69, 9.17) is 16.0 Å². The molecule has 1 aromatic heterocycles. The van der Waals surface area contributed by atoms with E-state index in [1.54, 1.807) is 12.1 Å². The summed E-state index contributed by atoms with van der Waals surface area (Å²) in [4.78, 5) is 11.5. The molecule has 2 aromatic rings. The average molecular weight is 266 g/mol. The molecule has 0 fully saturated rings. The summed E-state index contributed by atoms with van der Waals surface area (Å²) in [5.74, 6) is -0.308. The van der Waals surface area contributed by atoms with Crippen molar-refractivity contribution in [2.45, 2.75) is 0 Å². The Morgan fingerprint density at radius 2 is 2.22 bits per heavy atom. The van der Waals surface area contributed by atoms with Gasteiger partial charge in [0.1, 0.15) is 11.6 Å². The zero-order valence-corrected chi connectivity index (χ0v) is 9.95. The number of furan rings is 1. The van der Waals surface area contributed by atoms with Gasteiger partial charge in [0.05, 0.1) is 11.3 Å². The molecule has 2 rings (SSSR count). The Morgan fingerprint density at radius 3 is 2.89 bits per heavy atom. The van der Waals surface area contributed by atoms with Gasteiger partial charge in [0.15, 0.2) is 0 Å². The minimum absolute atomic E-state index is 0.0391. The summed E-state index contributed by atoms with van der Waals surface area (Å²) in [6.07, 6.45) is 4.36. The molecule has 18 heavy (non-hydrogen) atoms. The first kappa shape index (κ1) is 12.4. The van der Waals surface area contributed by atoms with Crippen molar-refractivity contribution >= 4 is 29.3 Å². The highest BCUT2D eigenvalue weighted by atomic mass is 35.5. The Kier molecular flexibility index (Phi) is 3.79. The lowest BCUT2D eigenvalue weighted by Crippen LogP contribution is -2.07. The first-order valence-corrected chi connectivity index (χ1v) is 5.50. The van der Waals surface area contributed by atoms with Crippen molar-refractivity contribution < 1.29 is 13.6 Å². The van der Waals surface area contributed by atoms with Crippen molar-refractivity contribution in [3.8, 4) is 0 Å². The van der Waals surface area contributed by atoms with Crippen LogP contribution in [0.2, 0.25) is 5.02 Å². The normalized spacial score (nSPS) is 10.8. The van der Waals surface area contributed by atoms with Gasteiger partial charge >= 0.3 is 0 Å². The largest absolute Gasteiger partial charge is 0.465 e. The predicted octanol–water partition coefficient (Wildman–Crippen LogP) is 3.72. The van der Waals surface area contributed by atoms with E-state index in [-0.39, 0.29) is 10.9 Å². The van der Waals surface area contributed by atoms with Crippen molar-refractivity contribution in [1.29, 1.82) is 0 Å². The molecule has 1 heterocycles. The van der Waals surface area contributed by atoms with Crippen LogP contribution in [0.5, 0.6) is 0 Å². The molecule has 0 atom stereocenters. The van der Waals surface area contributed by atoms with E-state index in [1.165, 1.54) is 36.6 Å². The van der Waals surface area contributed by atoms with E-state index in [1.807, 2.05) is 0 Å². The van der Waals surface area contributed by atoms with Gasteiger partial charge in [0.25, 0.3) is 0 Å². The monoisotopic (exact) mass is 265 g/mol. The molecular weight excluding hydrogens is 257 g/mol. The number of carbonyl (C=O) groups is 1. The topological polar surface area (TPSA) is 42.2 Å². The van der Waals surface area contributed by atoms with Crippen LogP contribution in [-0.4, -0.2) is 5.91 Å². The summed E-state index contributed by atoms with van der Waals surface area (Å²) >= 11 is 5.60. The SMILES string of the molecule is O=C(C=Cc1ccco1)Nc1ccc(F)c(Cl)c1. The maximum absolute atomic E-state index is 12.9. The number of carbonyl (C=O) groups excluding carboxylic acids is 1. The molecule has 0 spiro atoms. The van der Waals surface area contributed by atoms with Crippen LogP contribution >= 0.6 is 11.6 Å². The molecule has 92 valence electrons. The van der Waals surface area contributed by atoms with Crippen molar-refractivity contribution in [3.05, 3.63) is 59.3 Å². The smallest absolute Gasteiger partial charge is 0.248 e. The number of rotatable bonds is 3. The van der Waals surface area contributed by atoms with E-state index < -0.39 is 5.82 Å². The van der Waals surface area contributed by atoms with Crippen molar-refractivity contribution in [1.82, 2.24) is 0 Å². The fourth-order valence-electron chi connectivity index (χ4n) is 1.30. The van der Waals surface area contributed by atoms with Crippen LogP contribution in [0.25, 0.3) is 6.08 Å². The molecule has 0 saturated heterocycles. The summed E-state index contributed by atoms with van der Waals surface area (Å²) in [6, 6.07) is 7.40. The number of hydrogen-bond acceptors (Lipinski definition) is 2. The first-order chi connectivity index (χ1) is 8.65. The Hall–Kier alpha value is -2.07. The van der Waals surface area contributed by atoms with Crippen LogP contribution in [0.4, 0.5) is 10.1 Å². The second-order valence-corrected chi connectivity index (χ2v) is 3.87. The lowest BCUT2D eigenvalue weighted by molar-refractivity contribution is -0.111. The fourth-order valence-corrected chi connectivity index (χ4v) is 1.48. The third kappa shape index (κ3) is 3.21. The Labute approximate surface area is 108 Å². The van der Waals surface area contributed by atoms with E-state index in [9.17, 15) is 9.18 Å². The maximum Gasteiger partial charge on any atom is 0.248 e. The minimum atomic E-state index is -0.527. The van der Waals surface area contributed by atoms with Gasteiger partial charge < -0.3 is 9.73 Å². The highest BCUT2D eigenvalue weighted by molar-refractivity contribution is 6.31. The van der Waals surface area contributed by atoms with Gasteiger partial charge in [-0.05, 0) is 36.4 Å². The van der Waals surface area contributed by atoms with Crippen LogP contribution in [-0.2, 0) is 4.79 Å². The van der Waals surface area contributed by atoms with Gasteiger partial charge in [0.2, 0.25) is 5.91 Å². The minimum Gasteiger partial charge on any atom is -0.465 e. The standard InChI is InChI=1S/C13H9ClFNO2/c14-11-8-9(3-5-12(11)15)16-13(17)6-4-10-2-1-7-18-10/h1-8H,(H,16,17). The molecule has 0 aliphatic rings. The van der Waals surface area contributed by atoms with Gasteiger partial charge in [-0.15, -0.1) is 0 Å². The summed E-state index contributed by atoms with van der Waals surface area (Å²) in [6.45, 7) is 0. The number of nitrogens with one attached hydrogen (secondary N) is 1. The fraction of sp³-hybridized carbons (Fsp3) is 0.